The second-order valence-corrected chi connectivity index (χ2v) is 5.51. The molecule has 0 aliphatic heterocycles. The molecule has 4 heteroatoms. The highest BCUT2D eigenvalue weighted by atomic mass is 32.1. The van der Waals surface area contributed by atoms with Crippen LogP contribution in [0.3, 0.4) is 0 Å². The lowest BCUT2D eigenvalue weighted by molar-refractivity contribution is 0.104. The van der Waals surface area contributed by atoms with Crippen molar-refractivity contribution in [2.75, 3.05) is 0 Å². The van der Waals surface area contributed by atoms with Crippen molar-refractivity contribution in [3.63, 3.8) is 0 Å². The maximum Gasteiger partial charge on any atom is 0.203 e. The summed E-state index contributed by atoms with van der Waals surface area (Å²) in [5.74, 6) is -2.14. The number of hydrogen-bond acceptors (Lipinski definition) is 2. The van der Waals surface area contributed by atoms with Crippen molar-refractivity contribution in [1.82, 2.24) is 0 Å². The Labute approximate surface area is 107 Å². The predicted molar refractivity (Wildman–Crippen MR) is 66.1 cm³/mol. The molecule has 3 rings (SSSR count). The summed E-state index contributed by atoms with van der Waals surface area (Å²) in [6, 6.07) is 5.16. The highest BCUT2D eigenvalue weighted by molar-refractivity contribution is 7.14. The molecule has 1 aromatic carbocycles. The van der Waals surface area contributed by atoms with E-state index in [9.17, 15) is 13.6 Å². The van der Waals surface area contributed by atoms with Crippen molar-refractivity contribution < 1.29 is 13.6 Å². The first-order valence-corrected chi connectivity index (χ1v) is 6.58. The zero-order valence-electron chi connectivity index (χ0n) is 9.50. The van der Waals surface area contributed by atoms with Crippen LogP contribution in [0.15, 0.2) is 24.3 Å². The summed E-state index contributed by atoms with van der Waals surface area (Å²) in [5, 5.41) is 0. The summed E-state index contributed by atoms with van der Waals surface area (Å²) in [6.45, 7) is 0. The maximum atomic E-state index is 13.1. The fourth-order valence-corrected chi connectivity index (χ4v) is 3.44. The summed E-state index contributed by atoms with van der Waals surface area (Å²) in [7, 11) is 0. The van der Waals surface area contributed by atoms with Crippen molar-refractivity contribution in [1.29, 1.82) is 0 Å². The summed E-state index contributed by atoms with van der Waals surface area (Å²) in [5.41, 5.74) is 1.43. The number of hydrogen-bond donors (Lipinski definition) is 0. The Morgan fingerprint density at radius 2 is 1.94 bits per heavy atom. The number of benzene rings is 1. The lowest BCUT2D eigenvalue weighted by Crippen LogP contribution is -2.00. The minimum Gasteiger partial charge on any atom is -0.288 e. The first kappa shape index (κ1) is 11.5. The van der Waals surface area contributed by atoms with E-state index < -0.39 is 11.6 Å². The van der Waals surface area contributed by atoms with Crippen LogP contribution in [0.25, 0.3) is 0 Å². The van der Waals surface area contributed by atoms with E-state index in [0.717, 1.165) is 31.4 Å². The Kier molecular flexibility index (Phi) is 2.74. The van der Waals surface area contributed by atoms with Gasteiger partial charge in [0.1, 0.15) is 0 Å². The molecule has 0 fully saturated rings. The van der Waals surface area contributed by atoms with Crippen LogP contribution in [0.2, 0.25) is 0 Å². The van der Waals surface area contributed by atoms with Gasteiger partial charge < -0.3 is 0 Å². The van der Waals surface area contributed by atoms with Gasteiger partial charge in [-0.3, -0.25) is 4.79 Å². The van der Waals surface area contributed by atoms with E-state index in [2.05, 4.69) is 0 Å². The van der Waals surface area contributed by atoms with Gasteiger partial charge in [0.15, 0.2) is 11.6 Å². The van der Waals surface area contributed by atoms with Gasteiger partial charge in [0, 0.05) is 10.4 Å². The van der Waals surface area contributed by atoms with Crippen LogP contribution in [0.1, 0.15) is 32.1 Å². The Hall–Kier alpha value is -1.55. The number of fused-ring (bicyclic) bond motifs is 1. The molecule has 1 aliphatic rings. The Morgan fingerprint density at radius 1 is 1.11 bits per heavy atom. The fraction of sp³-hybridized carbons (Fsp3) is 0.214. The van der Waals surface area contributed by atoms with Gasteiger partial charge in [0.2, 0.25) is 5.78 Å². The lowest BCUT2D eigenvalue weighted by atomic mass is 10.1. The minimum atomic E-state index is -0.982. The van der Waals surface area contributed by atoms with E-state index in [1.807, 2.05) is 6.07 Å². The van der Waals surface area contributed by atoms with Crippen molar-refractivity contribution >= 4 is 17.1 Å². The first-order chi connectivity index (χ1) is 8.65. The van der Waals surface area contributed by atoms with Gasteiger partial charge in [-0.2, -0.15) is 0 Å². The van der Waals surface area contributed by atoms with Crippen LogP contribution in [0, 0.1) is 11.6 Å². The van der Waals surface area contributed by atoms with Crippen LogP contribution in [-0.4, -0.2) is 5.78 Å². The van der Waals surface area contributed by atoms with Gasteiger partial charge in [0.05, 0.1) is 4.88 Å². The summed E-state index contributed by atoms with van der Waals surface area (Å²) in [4.78, 5) is 14.0. The second kappa shape index (κ2) is 4.28. The van der Waals surface area contributed by atoms with Crippen LogP contribution >= 0.6 is 11.3 Å². The van der Waals surface area contributed by atoms with Gasteiger partial charge in [-0.05, 0) is 49.1 Å². The molecule has 1 heterocycles. The van der Waals surface area contributed by atoms with Gasteiger partial charge in [-0.15, -0.1) is 11.3 Å². The Morgan fingerprint density at radius 3 is 2.67 bits per heavy atom. The zero-order chi connectivity index (χ0) is 12.7. The molecule has 2 aromatic rings. The van der Waals surface area contributed by atoms with Crippen molar-refractivity contribution in [2.24, 2.45) is 0 Å². The quantitative estimate of drug-likeness (QED) is 0.755. The highest BCUT2D eigenvalue weighted by Gasteiger charge is 2.20. The molecule has 1 nitrogen and oxygen atoms in total. The summed E-state index contributed by atoms with van der Waals surface area (Å²) < 4.78 is 25.9. The summed E-state index contributed by atoms with van der Waals surface area (Å²) >= 11 is 1.47. The normalized spacial score (nSPS) is 13.7. The number of ketones is 1. The third-order valence-electron chi connectivity index (χ3n) is 3.15. The molecular weight excluding hydrogens is 254 g/mol. The first-order valence-electron chi connectivity index (χ1n) is 5.76. The molecule has 0 radical (unpaired) electrons. The Bertz CT molecular complexity index is 609. The smallest absolute Gasteiger partial charge is 0.203 e. The number of thiophene rings is 1. The third kappa shape index (κ3) is 1.86. The number of aryl methyl sites for hydroxylation is 2. The van der Waals surface area contributed by atoms with Crippen LogP contribution < -0.4 is 0 Å². The number of halogens is 2. The molecular formula is C14H10F2OS. The second-order valence-electron chi connectivity index (χ2n) is 4.37. The van der Waals surface area contributed by atoms with Gasteiger partial charge >= 0.3 is 0 Å². The molecule has 1 aromatic heterocycles. The third-order valence-corrected chi connectivity index (χ3v) is 4.39. The number of rotatable bonds is 2. The molecule has 1 aliphatic carbocycles. The fourth-order valence-electron chi connectivity index (χ4n) is 2.22. The van der Waals surface area contributed by atoms with E-state index in [4.69, 9.17) is 0 Å². The lowest BCUT2D eigenvalue weighted by Gasteiger charge is -1.99. The Balaban J connectivity index is 1.95. The molecule has 0 bridgehead atoms. The van der Waals surface area contributed by atoms with E-state index in [1.54, 1.807) is 0 Å². The van der Waals surface area contributed by atoms with Gasteiger partial charge in [-0.1, -0.05) is 0 Å². The van der Waals surface area contributed by atoms with Crippen LogP contribution in [0.4, 0.5) is 8.78 Å². The molecule has 0 N–H and O–H groups in total. The minimum absolute atomic E-state index is 0.203. The monoisotopic (exact) mass is 264 g/mol. The van der Waals surface area contributed by atoms with Crippen LogP contribution in [0.5, 0.6) is 0 Å². The maximum absolute atomic E-state index is 13.1. The van der Waals surface area contributed by atoms with Crippen molar-refractivity contribution in [3.8, 4) is 0 Å². The molecule has 0 saturated heterocycles. The molecule has 0 saturated carbocycles. The van der Waals surface area contributed by atoms with E-state index in [1.165, 1.54) is 27.8 Å². The van der Waals surface area contributed by atoms with Crippen LogP contribution in [-0.2, 0) is 12.8 Å². The van der Waals surface area contributed by atoms with Crippen molar-refractivity contribution in [3.05, 3.63) is 56.8 Å². The van der Waals surface area contributed by atoms with E-state index in [-0.39, 0.29) is 11.3 Å². The SMILES string of the molecule is O=C(c1ccc(F)c(F)c1)c1cc2c(s1)CCC2. The highest BCUT2D eigenvalue weighted by Crippen LogP contribution is 2.31. The summed E-state index contributed by atoms with van der Waals surface area (Å²) in [6.07, 6.45) is 3.17. The molecule has 0 atom stereocenters. The van der Waals surface area contributed by atoms with Crippen molar-refractivity contribution in [2.45, 2.75) is 19.3 Å². The van der Waals surface area contributed by atoms with E-state index >= 15 is 0 Å². The largest absolute Gasteiger partial charge is 0.288 e. The standard InChI is InChI=1S/C14H10F2OS/c15-10-5-4-9(6-11(10)16)14(17)13-7-8-2-1-3-12(8)18-13/h4-7H,1-3H2. The van der Waals surface area contributed by atoms with Gasteiger partial charge in [0.25, 0.3) is 0 Å². The van der Waals surface area contributed by atoms with E-state index in [0.29, 0.717) is 4.88 Å². The molecule has 92 valence electrons. The average molecular weight is 264 g/mol. The zero-order valence-corrected chi connectivity index (χ0v) is 10.3. The van der Waals surface area contributed by atoms with Gasteiger partial charge in [-0.25, -0.2) is 8.78 Å². The molecule has 0 amide bonds. The number of carbonyl (C=O) groups is 1. The predicted octanol–water partition coefficient (Wildman–Crippen LogP) is 3.75. The molecule has 18 heavy (non-hydrogen) atoms. The molecule has 0 spiro atoms. The molecule has 0 unspecified atom stereocenters. The topological polar surface area (TPSA) is 17.1 Å². The average Bonchev–Trinajstić information content (AvgIpc) is 2.92. The number of carbonyl (C=O) groups excluding carboxylic acids is 1.